The molecule has 3 rings (SSSR count). The number of aromatic amines is 1. The van der Waals surface area contributed by atoms with Gasteiger partial charge in [-0.1, -0.05) is 0 Å². The Labute approximate surface area is 186 Å². The summed E-state index contributed by atoms with van der Waals surface area (Å²) in [5, 5.41) is 0. The van der Waals surface area contributed by atoms with Gasteiger partial charge in [0, 0.05) is 26.3 Å². The van der Waals surface area contributed by atoms with Crippen LogP contribution in [0, 0.1) is 13.8 Å². The van der Waals surface area contributed by atoms with Crippen LogP contribution >= 0.6 is 0 Å². The van der Waals surface area contributed by atoms with E-state index in [4.69, 9.17) is 9.47 Å². The Morgan fingerprint density at radius 3 is 2.47 bits per heavy atom. The number of sulfonamides is 1. The van der Waals surface area contributed by atoms with E-state index >= 15 is 0 Å². The van der Waals surface area contributed by atoms with Gasteiger partial charge in [0.2, 0.25) is 10.0 Å². The fraction of sp³-hybridized carbons (Fsp3) is 0.381. The van der Waals surface area contributed by atoms with Gasteiger partial charge in [0.15, 0.2) is 0 Å². The first kappa shape index (κ1) is 23.5. The Morgan fingerprint density at radius 2 is 1.88 bits per heavy atom. The minimum Gasteiger partial charge on any atom is -0.465 e. The number of H-pyrrole nitrogens is 1. The molecule has 0 saturated carbocycles. The Kier molecular flexibility index (Phi) is 6.42. The van der Waals surface area contributed by atoms with Gasteiger partial charge in [-0.05, 0) is 44.5 Å². The average Bonchev–Trinajstić information content (AvgIpc) is 3.26. The SMILES string of the molecule is CCn1c(COC(=O)c2[nH]c(C)c(C(=O)OC)c2C)nc2cc(S(=O)(=O)N(C)C)ccc21. The van der Waals surface area contributed by atoms with E-state index in [9.17, 15) is 18.0 Å². The quantitative estimate of drug-likeness (QED) is 0.535. The predicted octanol–water partition coefficient (Wildman–Crippen LogP) is 2.40. The van der Waals surface area contributed by atoms with Crippen LogP contribution in [0.5, 0.6) is 0 Å². The van der Waals surface area contributed by atoms with Crippen molar-refractivity contribution >= 4 is 33.0 Å². The zero-order valence-electron chi connectivity index (χ0n) is 18.8. The minimum atomic E-state index is -3.60. The second-order valence-corrected chi connectivity index (χ2v) is 9.55. The van der Waals surface area contributed by atoms with Gasteiger partial charge >= 0.3 is 11.9 Å². The normalized spacial score (nSPS) is 11.8. The van der Waals surface area contributed by atoms with Crippen LogP contribution < -0.4 is 0 Å². The highest BCUT2D eigenvalue weighted by Crippen LogP contribution is 2.24. The molecule has 0 saturated heterocycles. The molecule has 2 heterocycles. The molecule has 0 radical (unpaired) electrons. The van der Waals surface area contributed by atoms with Crippen molar-refractivity contribution in [1.29, 1.82) is 0 Å². The smallest absolute Gasteiger partial charge is 0.355 e. The summed E-state index contributed by atoms with van der Waals surface area (Å²) in [6.45, 7) is 5.66. The Balaban J connectivity index is 1.89. The minimum absolute atomic E-state index is 0.123. The van der Waals surface area contributed by atoms with Crippen LogP contribution in [-0.4, -0.2) is 60.4 Å². The number of carbonyl (C=O) groups is 2. The maximum Gasteiger partial charge on any atom is 0.355 e. The summed E-state index contributed by atoms with van der Waals surface area (Å²) in [6.07, 6.45) is 0. The number of methoxy groups -OCH3 is 1. The largest absolute Gasteiger partial charge is 0.465 e. The molecule has 0 aliphatic carbocycles. The molecule has 0 aliphatic heterocycles. The lowest BCUT2D eigenvalue weighted by molar-refractivity contribution is 0.0451. The first-order chi connectivity index (χ1) is 15.0. The van der Waals surface area contributed by atoms with Gasteiger partial charge in [-0.15, -0.1) is 0 Å². The maximum absolute atomic E-state index is 12.7. The summed E-state index contributed by atoms with van der Waals surface area (Å²) < 4.78 is 38.1. The van der Waals surface area contributed by atoms with Gasteiger partial charge in [-0.3, -0.25) is 0 Å². The lowest BCUT2D eigenvalue weighted by Gasteiger charge is -2.11. The van der Waals surface area contributed by atoms with Gasteiger partial charge < -0.3 is 19.0 Å². The average molecular weight is 463 g/mol. The summed E-state index contributed by atoms with van der Waals surface area (Å²) in [5.41, 5.74) is 2.65. The van der Waals surface area contributed by atoms with Gasteiger partial charge in [-0.25, -0.2) is 27.3 Å². The van der Waals surface area contributed by atoms with Crippen LogP contribution in [0.2, 0.25) is 0 Å². The molecule has 0 amide bonds. The standard InChI is InChI=1S/C21H26N4O6S/c1-7-25-16-9-8-14(32(28,29)24(4)5)10-15(16)23-17(25)11-31-21(27)19-12(2)18(13(3)22-19)20(26)30-6/h8-10,22H,7,11H2,1-6H3. The lowest BCUT2D eigenvalue weighted by Crippen LogP contribution is -2.22. The molecular weight excluding hydrogens is 436 g/mol. The van der Waals surface area contributed by atoms with Crippen LogP contribution in [0.1, 0.15) is 44.9 Å². The molecule has 0 unspecified atom stereocenters. The third-order valence-electron chi connectivity index (χ3n) is 5.26. The van der Waals surface area contributed by atoms with Crippen LogP contribution in [0.4, 0.5) is 0 Å². The van der Waals surface area contributed by atoms with Crippen LogP contribution in [-0.2, 0) is 32.6 Å². The lowest BCUT2D eigenvalue weighted by atomic mass is 10.1. The second kappa shape index (κ2) is 8.75. The number of hydrogen-bond donors (Lipinski definition) is 1. The molecule has 0 aliphatic rings. The number of esters is 2. The van der Waals surface area contributed by atoms with Crippen LogP contribution in [0.3, 0.4) is 0 Å². The molecule has 0 atom stereocenters. The summed E-state index contributed by atoms with van der Waals surface area (Å²) >= 11 is 0. The van der Waals surface area contributed by atoms with E-state index in [1.165, 1.54) is 33.3 Å². The summed E-state index contributed by atoms with van der Waals surface area (Å²) in [7, 11) is 0.602. The van der Waals surface area contributed by atoms with E-state index in [0.29, 0.717) is 34.7 Å². The van der Waals surface area contributed by atoms with Gasteiger partial charge in [-0.2, -0.15) is 0 Å². The Morgan fingerprint density at radius 1 is 1.19 bits per heavy atom. The van der Waals surface area contributed by atoms with Crippen molar-refractivity contribution in [3.05, 3.63) is 46.5 Å². The summed E-state index contributed by atoms with van der Waals surface area (Å²) in [5.74, 6) is -0.692. The molecule has 0 fully saturated rings. The Bertz CT molecular complexity index is 1300. The van der Waals surface area contributed by atoms with E-state index in [-0.39, 0.29) is 17.2 Å². The molecule has 2 aromatic heterocycles. The van der Waals surface area contributed by atoms with Gasteiger partial charge in [0.05, 0.1) is 28.6 Å². The van der Waals surface area contributed by atoms with E-state index in [1.807, 2.05) is 11.5 Å². The van der Waals surface area contributed by atoms with E-state index in [1.54, 1.807) is 19.9 Å². The summed E-state index contributed by atoms with van der Waals surface area (Å²) in [6, 6.07) is 4.72. The number of nitrogens with zero attached hydrogens (tertiary/aromatic N) is 3. The maximum atomic E-state index is 12.7. The van der Waals surface area contributed by atoms with Crippen molar-refractivity contribution < 1.29 is 27.5 Å². The number of rotatable bonds is 7. The van der Waals surface area contributed by atoms with Crippen molar-refractivity contribution in [2.75, 3.05) is 21.2 Å². The first-order valence-corrected chi connectivity index (χ1v) is 11.3. The third-order valence-corrected chi connectivity index (χ3v) is 7.07. The molecular formula is C21H26N4O6S. The van der Waals surface area contributed by atoms with Crippen molar-refractivity contribution in [3.8, 4) is 0 Å². The van der Waals surface area contributed by atoms with Crippen molar-refractivity contribution in [2.24, 2.45) is 0 Å². The molecule has 172 valence electrons. The highest BCUT2D eigenvalue weighted by atomic mass is 32.2. The van der Waals surface area contributed by atoms with Crippen LogP contribution in [0.25, 0.3) is 11.0 Å². The fourth-order valence-electron chi connectivity index (χ4n) is 3.56. The number of imidazole rings is 1. The zero-order chi connectivity index (χ0) is 23.8. The second-order valence-electron chi connectivity index (χ2n) is 7.40. The number of hydrogen-bond acceptors (Lipinski definition) is 7. The highest BCUT2D eigenvalue weighted by Gasteiger charge is 2.24. The summed E-state index contributed by atoms with van der Waals surface area (Å²) in [4.78, 5) is 32.1. The monoisotopic (exact) mass is 462 g/mol. The number of aryl methyl sites for hydroxylation is 2. The number of carbonyl (C=O) groups excluding carboxylic acids is 2. The molecule has 3 aromatic rings. The molecule has 11 heteroatoms. The van der Waals surface area contributed by atoms with Crippen molar-refractivity contribution in [2.45, 2.75) is 38.8 Å². The number of ether oxygens (including phenoxy) is 2. The van der Waals surface area contributed by atoms with E-state index < -0.39 is 22.0 Å². The van der Waals surface area contributed by atoms with Crippen molar-refractivity contribution in [1.82, 2.24) is 18.8 Å². The zero-order valence-corrected chi connectivity index (χ0v) is 19.7. The topological polar surface area (TPSA) is 124 Å². The number of benzene rings is 1. The Hall–Kier alpha value is -3.18. The fourth-order valence-corrected chi connectivity index (χ4v) is 4.48. The van der Waals surface area contributed by atoms with Gasteiger partial charge in [0.1, 0.15) is 18.1 Å². The van der Waals surface area contributed by atoms with E-state index in [2.05, 4.69) is 9.97 Å². The van der Waals surface area contributed by atoms with Gasteiger partial charge in [0.25, 0.3) is 0 Å². The molecule has 32 heavy (non-hydrogen) atoms. The predicted molar refractivity (Wildman–Crippen MR) is 117 cm³/mol. The van der Waals surface area contributed by atoms with Crippen LogP contribution in [0.15, 0.2) is 23.1 Å². The highest BCUT2D eigenvalue weighted by molar-refractivity contribution is 7.89. The molecule has 0 spiro atoms. The van der Waals surface area contributed by atoms with Crippen molar-refractivity contribution in [3.63, 3.8) is 0 Å². The molecule has 0 bridgehead atoms. The molecule has 1 N–H and O–H groups in total. The molecule has 10 nitrogen and oxygen atoms in total. The van der Waals surface area contributed by atoms with E-state index in [0.717, 1.165) is 9.82 Å². The number of aromatic nitrogens is 3. The number of fused-ring (bicyclic) bond motifs is 1. The third kappa shape index (κ3) is 4.00. The number of nitrogens with one attached hydrogen (secondary N) is 1. The molecule has 1 aromatic carbocycles. The first-order valence-electron chi connectivity index (χ1n) is 9.89.